The van der Waals surface area contributed by atoms with Crippen molar-refractivity contribution >= 4 is 5.96 Å². The first kappa shape index (κ1) is 9.99. The molecule has 72 valence electrons. The molecule has 0 unspecified atom stereocenters. The van der Waals surface area contributed by atoms with E-state index in [1.807, 2.05) is 18.2 Å². The fourth-order valence-electron chi connectivity index (χ4n) is 0.952. The quantitative estimate of drug-likeness (QED) is 0.412. The second-order valence-corrected chi connectivity index (χ2v) is 2.75. The van der Waals surface area contributed by atoms with Crippen LogP contribution in [0.4, 0.5) is 0 Å². The zero-order valence-electron chi connectivity index (χ0n) is 7.88. The molecule has 1 heterocycles. The molecule has 0 aliphatic heterocycles. The smallest absolute Gasteiger partial charge is 0.209 e. The minimum Gasteiger partial charge on any atom is -0.369 e. The van der Waals surface area contributed by atoms with Crippen molar-refractivity contribution in [3.8, 4) is 6.19 Å². The molecule has 0 aliphatic rings. The highest BCUT2D eigenvalue weighted by atomic mass is 15.2. The third-order valence-electron chi connectivity index (χ3n) is 1.68. The second-order valence-electron chi connectivity index (χ2n) is 2.75. The van der Waals surface area contributed by atoms with Gasteiger partial charge in [0.1, 0.15) is 0 Å². The van der Waals surface area contributed by atoms with E-state index >= 15 is 0 Å². The van der Waals surface area contributed by atoms with Gasteiger partial charge in [0.05, 0.1) is 12.2 Å². The summed E-state index contributed by atoms with van der Waals surface area (Å²) in [6, 6.07) is 5.63. The molecular formula is C9H11N5. The van der Waals surface area contributed by atoms with E-state index in [4.69, 9.17) is 11.0 Å². The van der Waals surface area contributed by atoms with Gasteiger partial charge in [0.15, 0.2) is 0 Å². The number of hydrogen-bond donors (Lipinski definition) is 1. The predicted octanol–water partition coefficient (Wildman–Crippen LogP) is 0.309. The Balaban J connectivity index is 2.63. The number of nitrogens with zero attached hydrogens (tertiary/aromatic N) is 4. The third kappa shape index (κ3) is 2.75. The van der Waals surface area contributed by atoms with Gasteiger partial charge in [-0.1, -0.05) is 6.07 Å². The average molecular weight is 189 g/mol. The van der Waals surface area contributed by atoms with E-state index in [9.17, 15) is 0 Å². The van der Waals surface area contributed by atoms with E-state index in [0.29, 0.717) is 6.54 Å². The van der Waals surface area contributed by atoms with Crippen molar-refractivity contribution in [1.82, 2.24) is 9.88 Å². The van der Waals surface area contributed by atoms with Gasteiger partial charge in [-0.15, -0.1) is 4.99 Å². The highest BCUT2D eigenvalue weighted by Gasteiger charge is 2.02. The predicted molar refractivity (Wildman–Crippen MR) is 52.9 cm³/mol. The maximum absolute atomic E-state index is 8.29. The van der Waals surface area contributed by atoms with Crippen molar-refractivity contribution in [1.29, 1.82) is 5.26 Å². The highest BCUT2D eigenvalue weighted by Crippen LogP contribution is 1.97. The van der Waals surface area contributed by atoms with Gasteiger partial charge in [-0.25, -0.2) is 0 Å². The Bertz CT molecular complexity index is 351. The summed E-state index contributed by atoms with van der Waals surface area (Å²) in [4.78, 5) is 9.20. The Morgan fingerprint density at radius 3 is 3.07 bits per heavy atom. The van der Waals surface area contributed by atoms with E-state index in [1.54, 1.807) is 24.3 Å². The van der Waals surface area contributed by atoms with Crippen molar-refractivity contribution in [2.24, 2.45) is 10.7 Å². The number of aliphatic imine (C=N–C) groups is 1. The van der Waals surface area contributed by atoms with Gasteiger partial charge in [-0.3, -0.25) is 4.98 Å². The monoisotopic (exact) mass is 189 g/mol. The fourth-order valence-corrected chi connectivity index (χ4v) is 0.952. The summed E-state index contributed by atoms with van der Waals surface area (Å²) in [6.07, 6.45) is 3.34. The average Bonchev–Trinajstić information content (AvgIpc) is 2.19. The molecule has 1 aromatic heterocycles. The van der Waals surface area contributed by atoms with E-state index < -0.39 is 0 Å². The van der Waals surface area contributed by atoms with Crippen LogP contribution in [0.1, 0.15) is 5.69 Å². The van der Waals surface area contributed by atoms with Crippen LogP contribution >= 0.6 is 0 Å². The molecule has 0 amide bonds. The number of guanidine groups is 1. The Morgan fingerprint density at radius 1 is 1.71 bits per heavy atom. The van der Waals surface area contributed by atoms with Crippen LogP contribution in [0.3, 0.4) is 0 Å². The summed E-state index contributed by atoms with van der Waals surface area (Å²) in [5, 5.41) is 8.29. The van der Waals surface area contributed by atoms with Crippen LogP contribution in [-0.4, -0.2) is 22.9 Å². The molecular weight excluding hydrogens is 178 g/mol. The molecule has 1 aromatic rings. The zero-order valence-corrected chi connectivity index (χ0v) is 7.88. The van der Waals surface area contributed by atoms with Gasteiger partial charge in [-0.2, -0.15) is 5.26 Å². The summed E-state index contributed by atoms with van der Waals surface area (Å²) in [5.41, 5.74) is 6.38. The Labute approximate surface area is 82.5 Å². The molecule has 0 spiro atoms. The molecule has 14 heavy (non-hydrogen) atoms. The molecule has 5 nitrogen and oxygen atoms in total. The van der Waals surface area contributed by atoms with Gasteiger partial charge >= 0.3 is 0 Å². The number of rotatable bonds is 2. The van der Waals surface area contributed by atoms with Crippen LogP contribution in [-0.2, 0) is 6.54 Å². The third-order valence-corrected chi connectivity index (χ3v) is 1.68. The largest absolute Gasteiger partial charge is 0.369 e. The van der Waals surface area contributed by atoms with Crippen LogP contribution in [0.2, 0.25) is 0 Å². The molecule has 0 bridgehead atoms. The summed E-state index contributed by atoms with van der Waals surface area (Å²) in [7, 11) is 1.75. The number of pyridine rings is 1. The van der Waals surface area contributed by atoms with Gasteiger partial charge in [0, 0.05) is 13.2 Å². The molecule has 0 radical (unpaired) electrons. The van der Waals surface area contributed by atoms with E-state index in [-0.39, 0.29) is 5.96 Å². The van der Waals surface area contributed by atoms with Crippen LogP contribution in [0, 0.1) is 11.5 Å². The first-order chi connectivity index (χ1) is 6.74. The molecule has 5 heteroatoms. The minimum atomic E-state index is 0.193. The molecule has 0 aliphatic carbocycles. The highest BCUT2D eigenvalue weighted by molar-refractivity contribution is 5.78. The number of hydrogen-bond acceptors (Lipinski definition) is 3. The molecule has 0 aromatic carbocycles. The lowest BCUT2D eigenvalue weighted by Gasteiger charge is -2.15. The first-order valence-corrected chi connectivity index (χ1v) is 4.07. The van der Waals surface area contributed by atoms with Crippen LogP contribution in [0.15, 0.2) is 29.4 Å². The topological polar surface area (TPSA) is 78.3 Å². The molecule has 2 N–H and O–H groups in total. The summed E-state index contributed by atoms with van der Waals surface area (Å²) in [6.45, 7) is 0.540. The summed E-state index contributed by atoms with van der Waals surface area (Å²) >= 11 is 0. The van der Waals surface area contributed by atoms with Crippen molar-refractivity contribution in [2.75, 3.05) is 7.05 Å². The van der Waals surface area contributed by atoms with E-state index in [2.05, 4.69) is 9.98 Å². The van der Waals surface area contributed by atoms with Crippen LogP contribution in [0.5, 0.6) is 0 Å². The molecule has 0 atom stereocenters. The number of nitrogens with two attached hydrogens (primary N) is 1. The summed E-state index contributed by atoms with van der Waals surface area (Å²) in [5.74, 6) is 0.193. The standard InChI is InChI=1S/C9H11N5/c1-14(9(11)13-7-10)6-8-4-2-3-5-12-8/h2-5H,6H2,1H3,(H2,11,13). The molecule has 1 rings (SSSR count). The Morgan fingerprint density at radius 2 is 2.50 bits per heavy atom. The lowest BCUT2D eigenvalue weighted by molar-refractivity contribution is 0.487. The van der Waals surface area contributed by atoms with Gasteiger partial charge < -0.3 is 10.6 Å². The van der Waals surface area contributed by atoms with E-state index in [0.717, 1.165) is 5.69 Å². The maximum atomic E-state index is 8.29. The number of nitriles is 1. The maximum Gasteiger partial charge on any atom is 0.209 e. The lowest BCUT2D eigenvalue weighted by Crippen LogP contribution is -2.33. The SMILES string of the molecule is CN(Cc1ccccn1)C(N)=NC#N. The second kappa shape index (κ2) is 4.82. The van der Waals surface area contributed by atoms with Crippen LogP contribution in [0.25, 0.3) is 0 Å². The number of aromatic nitrogens is 1. The molecule has 0 saturated carbocycles. The van der Waals surface area contributed by atoms with Crippen LogP contribution < -0.4 is 5.73 Å². The van der Waals surface area contributed by atoms with Gasteiger partial charge in [0.25, 0.3) is 0 Å². The van der Waals surface area contributed by atoms with Crippen molar-refractivity contribution in [2.45, 2.75) is 6.54 Å². The van der Waals surface area contributed by atoms with Gasteiger partial charge in [-0.05, 0) is 12.1 Å². The Kier molecular flexibility index (Phi) is 3.44. The Hall–Kier alpha value is -2.09. The van der Waals surface area contributed by atoms with Crippen molar-refractivity contribution in [3.63, 3.8) is 0 Å². The van der Waals surface area contributed by atoms with E-state index in [1.165, 1.54) is 0 Å². The fraction of sp³-hybridized carbons (Fsp3) is 0.222. The van der Waals surface area contributed by atoms with Crippen molar-refractivity contribution < 1.29 is 0 Å². The molecule has 0 saturated heterocycles. The first-order valence-electron chi connectivity index (χ1n) is 4.07. The zero-order chi connectivity index (χ0) is 10.4. The normalized spacial score (nSPS) is 10.7. The lowest BCUT2D eigenvalue weighted by atomic mass is 10.3. The van der Waals surface area contributed by atoms with Crippen molar-refractivity contribution in [3.05, 3.63) is 30.1 Å². The van der Waals surface area contributed by atoms with Gasteiger partial charge in [0.2, 0.25) is 12.2 Å². The minimum absolute atomic E-state index is 0.193. The molecule has 0 fully saturated rings. The summed E-state index contributed by atoms with van der Waals surface area (Å²) < 4.78 is 0.